The SMILES string of the molecule is C=C(C)C(=O)OCCOc1ccc(C(=O)Sc2ccc3c(c2)[C@@H](C)c2cc(OCCCCCCOC(=O)C(=C)F)ccc2-3)cc1. The predicted octanol–water partition coefficient (Wildman–Crippen LogP) is 8.22. The molecule has 0 spiro atoms. The van der Waals surface area contributed by atoms with Crippen LogP contribution in [0, 0.1) is 0 Å². The number of thioether (sulfide) groups is 1. The molecule has 1 atom stereocenters. The second kappa shape index (κ2) is 16.1. The Kier molecular flexibility index (Phi) is 12.0. The molecule has 0 amide bonds. The van der Waals surface area contributed by atoms with Gasteiger partial charge in [-0.3, -0.25) is 4.79 Å². The molecule has 0 fully saturated rings. The third-order valence-electron chi connectivity index (χ3n) is 7.27. The van der Waals surface area contributed by atoms with Crippen LogP contribution in [-0.4, -0.2) is 43.5 Å². The van der Waals surface area contributed by atoms with Gasteiger partial charge in [-0.05, 0) is 115 Å². The second-order valence-electron chi connectivity index (χ2n) is 10.7. The lowest BCUT2D eigenvalue weighted by Gasteiger charge is -2.11. The van der Waals surface area contributed by atoms with Gasteiger partial charge in [0.05, 0.1) is 13.2 Å². The number of hydrogen-bond acceptors (Lipinski definition) is 8. The number of benzene rings is 3. The van der Waals surface area contributed by atoms with Gasteiger partial charge in [0.1, 0.15) is 24.7 Å². The number of fused-ring (bicyclic) bond motifs is 3. The van der Waals surface area contributed by atoms with Gasteiger partial charge in [-0.1, -0.05) is 32.2 Å². The Morgan fingerprint density at radius 2 is 1.33 bits per heavy atom. The van der Waals surface area contributed by atoms with E-state index in [9.17, 15) is 18.8 Å². The van der Waals surface area contributed by atoms with Crippen molar-refractivity contribution in [1.82, 2.24) is 0 Å². The zero-order valence-electron chi connectivity index (χ0n) is 25.6. The Morgan fingerprint density at radius 1 is 0.733 bits per heavy atom. The first-order valence-corrected chi connectivity index (χ1v) is 15.7. The highest BCUT2D eigenvalue weighted by Crippen LogP contribution is 2.47. The molecule has 0 aliphatic heterocycles. The molecule has 236 valence electrons. The van der Waals surface area contributed by atoms with Crippen molar-refractivity contribution in [3.63, 3.8) is 0 Å². The third-order valence-corrected chi connectivity index (χ3v) is 8.18. The lowest BCUT2D eigenvalue weighted by Crippen LogP contribution is -2.12. The van der Waals surface area contributed by atoms with Crippen molar-refractivity contribution in [2.45, 2.75) is 50.3 Å². The highest BCUT2D eigenvalue weighted by molar-refractivity contribution is 8.14. The van der Waals surface area contributed by atoms with Crippen LogP contribution in [0.4, 0.5) is 4.39 Å². The van der Waals surface area contributed by atoms with Crippen molar-refractivity contribution < 1.29 is 37.7 Å². The average Bonchev–Trinajstić information content (AvgIpc) is 3.30. The van der Waals surface area contributed by atoms with Crippen molar-refractivity contribution in [2.24, 2.45) is 0 Å². The summed E-state index contributed by atoms with van der Waals surface area (Å²) < 4.78 is 34.0. The highest BCUT2D eigenvalue weighted by Gasteiger charge is 2.26. The van der Waals surface area contributed by atoms with Crippen LogP contribution in [0.2, 0.25) is 0 Å². The van der Waals surface area contributed by atoms with Crippen LogP contribution in [0.1, 0.15) is 66.9 Å². The molecule has 45 heavy (non-hydrogen) atoms. The van der Waals surface area contributed by atoms with E-state index in [1.807, 2.05) is 12.1 Å². The van der Waals surface area contributed by atoms with E-state index in [0.717, 1.165) is 35.5 Å². The van der Waals surface area contributed by atoms with Crippen LogP contribution < -0.4 is 9.47 Å². The van der Waals surface area contributed by atoms with Gasteiger partial charge >= 0.3 is 11.9 Å². The largest absolute Gasteiger partial charge is 0.494 e. The maximum absolute atomic E-state index is 13.0. The van der Waals surface area contributed by atoms with Crippen molar-refractivity contribution in [3.8, 4) is 22.6 Å². The number of carbonyl (C=O) groups is 3. The Bertz CT molecular complexity index is 1560. The monoisotopic (exact) mass is 632 g/mol. The molecule has 3 aromatic rings. The van der Waals surface area contributed by atoms with Crippen molar-refractivity contribution in [1.29, 1.82) is 0 Å². The maximum Gasteiger partial charge on any atom is 0.366 e. The van der Waals surface area contributed by atoms with Crippen LogP contribution in [0.5, 0.6) is 11.5 Å². The van der Waals surface area contributed by atoms with E-state index in [1.165, 1.54) is 28.5 Å². The standard InChI is InChI=1S/C36H37FO7S/c1-23(2)34(38)44-20-19-42-27-11-9-26(10-12-27)36(40)45-29-14-16-31-30-15-13-28(21-32(30)24(3)33(31)22-29)41-17-7-5-6-8-18-43-35(39)25(4)37/h9-16,21-22,24H,1,4-8,17-20H2,2-3H3/t24-/m0/s1. The summed E-state index contributed by atoms with van der Waals surface area (Å²) in [5, 5.41) is -0.0672. The fourth-order valence-electron chi connectivity index (χ4n) is 4.87. The van der Waals surface area contributed by atoms with E-state index >= 15 is 0 Å². The Balaban J connectivity index is 1.24. The Labute approximate surface area is 267 Å². The molecule has 0 radical (unpaired) electrons. The van der Waals surface area contributed by atoms with Gasteiger partial charge in [-0.2, -0.15) is 4.39 Å². The first kappa shape index (κ1) is 33.5. The summed E-state index contributed by atoms with van der Waals surface area (Å²) in [7, 11) is 0. The van der Waals surface area contributed by atoms with E-state index in [0.29, 0.717) is 29.9 Å². The maximum atomic E-state index is 13.0. The lowest BCUT2D eigenvalue weighted by molar-refractivity contribution is -0.141. The second-order valence-corrected chi connectivity index (χ2v) is 11.7. The molecule has 0 heterocycles. The Morgan fingerprint density at radius 3 is 2.02 bits per heavy atom. The van der Waals surface area contributed by atoms with Crippen molar-refractivity contribution in [3.05, 3.63) is 102 Å². The van der Waals surface area contributed by atoms with E-state index in [2.05, 4.69) is 44.3 Å². The first-order chi connectivity index (χ1) is 21.6. The van der Waals surface area contributed by atoms with Gasteiger partial charge in [0.15, 0.2) is 0 Å². The van der Waals surface area contributed by atoms with Gasteiger partial charge in [0.25, 0.3) is 0 Å². The molecule has 0 aromatic heterocycles. The molecular formula is C36H37FO7S. The minimum absolute atomic E-state index is 0.0672. The minimum Gasteiger partial charge on any atom is -0.494 e. The molecule has 0 N–H and O–H groups in total. The Hall–Kier alpha value is -4.37. The van der Waals surface area contributed by atoms with Crippen LogP contribution >= 0.6 is 11.8 Å². The summed E-state index contributed by atoms with van der Waals surface area (Å²) >= 11 is 1.19. The molecule has 3 aromatic carbocycles. The van der Waals surface area contributed by atoms with Gasteiger partial charge in [-0.25, -0.2) is 9.59 Å². The molecule has 4 rings (SSSR count). The van der Waals surface area contributed by atoms with Gasteiger partial charge in [0, 0.05) is 21.9 Å². The quantitative estimate of drug-likeness (QED) is 0.0676. The van der Waals surface area contributed by atoms with Crippen LogP contribution in [0.25, 0.3) is 11.1 Å². The van der Waals surface area contributed by atoms with Crippen molar-refractivity contribution in [2.75, 3.05) is 26.4 Å². The number of esters is 2. The predicted molar refractivity (Wildman–Crippen MR) is 172 cm³/mol. The fourth-order valence-corrected chi connectivity index (χ4v) is 5.66. The number of carbonyl (C=O) groups excluding carboxylic acids is 3. The van der Waals surface area contributed by atoms with E-state index in [1.54, 1.807) is 31.2 Å². The fraction of sp³-hybridized carbons (Fsp3) is 0.306. The summed E-state index contributed by atoms with van der Waals surface area (Å²) in [4.78, 5) is 36.4. The molecule has 0 saturated heterocycles. The zero-order valence-corrected chi connectivity index (χ0v) is 26.4. The number of unbranched alkanes of at least 4 members (excludes halogenated alkanes) is 3. The van der Waals surface area contributed by atoms with Gasteiger partial charge < -0.3 is 18.9 Å². The normalized spacial score (nSPS) is 12.9. The summed E-state index contributed by atoms with van der Waals surface area (Å²) in [5.74, 6) is -0.977. The molecule has 0 unspecified atom stereocenters. The number of halogens is 1. The topological polar surface area (TPSA) is 88.1 Å². The minimum atomic E-state index is -1.08. The van der Waals surface area contributed by atoms with Crippen LogP contribution in [0.3, 0.4) is 0 Å². The molecule has 9 heteroatoms. The third kappa shape index (κ3) is 9.31. The van der Waals surface area contributed by atoms with Crippen LogP contribution in [0.15, 0.2) is 90.1 Å². The molecule has 1 aliphatic carbocycles. The molecule has 1 aliphatic rings. The number of hydrogen-bond donors (Lipinski definition) is 0. The smallest absolute Gasteiger partial charge is 0.366 e. The molecule has 7 nitrogen and oxygen atoms in total. The van der Waals surface area contributed by atoms with Crippen molar-refractivity contribution >= 4 is 28.8 Å². The summed E-state index contributed by atoms with van der Waals surface area (Å²) in [6.45, 7) is 11.3. The van der Waals surface area contributed by atoms with Gasteiger partial charge in [0.2, 0.25) is 10.9 Å². The summed E-state index contributed by atoms with van der Waals surface area (Å²) in [6, 6.07) is 19.2. The number of rotatable bonds is 16. The van der Waals surface area contributed by atoms with E-state index in [4.69, 9.17) is 18.9 Å². The lowest BCUT2D eigenvalue weighted by atomic mass is 9.99. The van der Waals surface area contributed by atoms with E-state index in [-0.39, 0.29) is 30.9 Å². The summed E-state index contributed by atoms with van der Waals surface area (Å²) in [6.07, 6.45) is 3.28. The highest BCUT2D eigenvalue weighted by atomic mass is 32.2. The van der Waals surface area contributed by atoms with Gasteiger partial charge in [-0.15, -0.1) is 0 Å². The average molecular weight is 633 g/mol. The molecule has 0 bridgehead atoms. The molecular weight excluding hydrogens is 595 g/mol. The number of ether oxygens (including phenoxy) is 4. The van der Waals surface area contributed by atoms with Crippen LogP contribution in [-0.2, 0) is 19.1 Å². The zero-order chi connectivity index (χ0) is 32.3. The first-order valence-electron chi connectivity index (χ1n) is 14.8. The molecule has 0 saturated carbocycles. The van der Waals surface area contributed by atoms with E-state index < -0.39 is 17.8 Å². The summed E-state index contributed by atoms with van der Waals surface area (Å²) in [5.41, 5.74) is 5.59.